The van der Waals surface area contributed by atoms with Crippen LogP contribution < -0.4 is 0 Å². The highest BCUT2D eigenvalue weighted by atomic mass is 16.6. The van der Waals surface area contributed by atoms with E-state index >= 15 is 0 Å². The van der Waals surface area contributed by atoms with Crippen LogP contribution in [0.25, 0.3) is 11.1 Å². The number of epoxide rings is 2. The van der Waals surface area contributed by atoms with E-state index in [9.17, 15) is 0 Å². The Kier molecular flexibility index (Phi) is 5.22. The van der Waals surface area contributed by atoms with E-state index in [-0.39, 0.29) is 0 Å². The predicted molar refractivity (Wildman–Crippen MR) is 86.9 cm³/mol. The van der Waals surface area contributed by atoms with E-state index in [1.165, 1.54) is 16.7 Å². The minimum absolute atomic E-state index is 0.392. The lowest BCUT2D eigenvalue weighted by atomic mass is 10.0. The van der Waals surface area contributed by atoms with Gasteiger partial charge in [0.2, 0.25) is 0 Å². The summed E-state index contributed by atoms with van der Waals surface area (Å²) in [6.07, 6.45) is 0.785. The van der Waals surface area contributed by atoms with Crippen LogP contribution in [0.5, 0.6) is 0 Å². The number of hydrogen-bond acceptors (Lipinski definition) is 3. The van der Waals surface area contributed by atoms with Crippen LogP contribution in [-0.4, -0.2) is 38.6 Å². The fourth-order valence-corrected chi connectivity index (χ4v) is 2.17. The number of hydrogen-bond donors (Lipinski definition) is 0. The summed E-state index contributed by atoms with van der Waals surface area (Å²) in [5.41, 5.74) is 3.94. The third kappa shape index (κ3) is 4.95. The normalized spacial score (nSPS) is 21.7. The molecule has 0 saturated carbocycles. The van der Waals surface area contributed by atoms with Crippen molar-refractivity contribution in [2.75, 3.05) is 26.4 Å². The van der Waals surface area contributed by atoms with Gasteiger partial charge >= 0.3 is 0 Å². The van der Waals surface area contributed by atoms with Crippen LogP contribution in [0.15, 0.2) is 54.6 Å². The molecule has 22 heavy (non-hydrogen) atoms. The van der Waals surface area contributed by atoms with E-state index in [4.69, 9.17) is 14.2 Å². The van der Waals surface area contributed by atoms with Gasteiger partial charge in [-0.05, 0) is 23.6 Å². The first-order chi connectivity index (χ1) is 10.8. The molecule has 0 bridgehead atoms. The average molecular weight is 298 g/mol. The molecule has 2 atom stereocenters. The first-order valence-corrected chi connectivity index (χ1v) is 7.75. The summed E-state index contributed by atoms with van der Waals surface area (Å²) in [4.78, 5) is 0. The Balaban J connectivity index is 0.000000139. The van der Waals surface area contributed by atoms with Crippen LogP contribution in [0.1, 0.15) is 5.56 Å². The van der Waals surface area contributed by atoms with Crippen LogP contribution in [0, 0.1) is 6.92 Å². The van der Waals surface area contributed by atoms with Crippen LogP contribution >= 0.6 is 0 Å². The quantitative estimate of drug-likeness (QED) is 0.793. The fourth-order valence-electron chi connectivity index (χ4n) is 2.17. The highest BCUT2D eigenvalue weighted by Crippen LogP contribution is 2.21. The maximum absolute atomic E-state index is 5.23. The summed E-state index contributed by atoms with van der Waals surface area (Å²) in [5, 5.41) is 0. The molecule has 2 heterocycles. The average Bonchev–Trinajstić information content (AvgIpc) is 3.45. The highest BCUT2D eigenvalue weighted by Gasteiger charge is 2.26. The van der Waals surface area contributed by atoms with Crippen LogP contribution in [-0.2, 0) is 14.2 Å². The van der Waals surface area contributed by atoms with Crippen molar-refractivity contribution in [1.29, 1.82) is 0 Å². The zero-order valence-corrected chi connectivity index (χ0v) is 12.9. The molecule has 2 aliphatic rings. The van der Waals surface area contributed by atoms with Crippen molar-refractivity contribution in [3.05, 3.63) is 60.2 Å². The summed E-state index contributed by atoms with van der Waals surface area (Å²) in [7, 11) is 0. The van der Waals surface area contributed by atoms with Gasteiger partial charge in [-0.15, -0.1) is 0 Å². The van der Waals surface area contributed by atoms with Gasteiger partial charge in [-0.3, -0.25) is 0 Å². The zero-order valence-electron chi connectivity index (χ0n) is 12.9. The second-order valence-electron chi connectivity index (χ2n) is 5.63. The molecule has 0 radical (unpaired) electrons. The Morgan fingerprint density at radius 1 is 0.864 bits per heavy atom. The van der Waals surface area contributed by atoms with Gasteiger partial charge in [0.15, 0.2) is 0 Å². The molecule has 3 nitrogen and oxygen atoms in total. The highest BCUT2D eigenvalue weighted by molar-refractivity contribution is 5.66. The Labute approximate surface area is 131 Å². The van der Waals surface area contributed by atoms with Crippen molar-refractivity contribution >= 4 is 0 Å². The van der Waals surface area contributed by atoms with Gasteiger partial charge in [-0.1, -0.05) is 54.6 Å². The van der Waals surface area contributed by atoms with E-state index in [2.05, 4.69) is 55.5 Å². The largest absolute Gasteiger partial charge is 0.376 e. The third-order valence-corrected chi connectivity index (χ3v) is 3.64. The van der Waals surface area contributed by atoms with Gasteiger partial charge < -0.3 is 14.2 Å². The molecule has 2 aliphatic heterocycles. The summed E-state index contributed by atoms with van der Waals surface area (Å²) < 4.78 is 15.1. The molecule has 0 amide bonds. The first-order valence-electron chi connectivity index (χ1n) is 7.75. The molecule has 2 unspecified atom stereocenters. The standard InChI is InChI=1S/C13H12.C6H10O3/c1-11-7-5-6-10-13(11)12-8-3-2-4-9-12;1(5-3-8-5)7-2-6-4-9-6/h2-10H,1H3;5-6H,1-4H2. The molecule has 2 fully saturated rings. The SMILES string of the molecule is C(OCC1CO1)C1CO1.Cc1ccccc1-c1ccccc1. The molecular formula is C19H22O3. The molecule has 0 aromatic heterocycles. The minimum Gasteiger partial charge on any atom is -0.376 e. The molecule has 2 saturated heterocycles. The number of aryl methyl sites for hydroxylation is 1. The Hall–Kier alpha value is -1.68. The topological polar surface area (TPSA) is 34.3 Å². The van der Waals surface area contributed by atoms with E-state index < -0.39 is 0 Å². The number of ether oxygens (including phenoxy) is 3. The number of benzene rings is 2. The summed E-state index contributed by atoms with van der Waals surface area (Å²) >= 11 is 0. The Morgan fingerprint density at radius 3 is 1.95 bits per heavy atom. The lowest BCUT2D eigenvalue weighted by molar-refractivity contribution is 0.102. The smallest absolute Gasteiger partial charge is 0.104 e. The summed E-state index contributed by atoms with van der Waals surface area (Å²) in [6.45, 7) is 5.40. The first kappa shape index (κ1) is 15.2. The van der Waals surface area contributed by atoms with Crippen molar-refractivity contribution in [2.45, 2.75) is 19.1 Å². The zero-order chi connectivity index (χ0) is 15.2. The molecule has 2 aromatic carbocycles. The lowest BCUT2D eigenvalue weighted by Crippen LogP contribution is -2.06. The van der Waals surface area contributed by atoms with Crippen LogP contribution in [0.4, 0.5) is 0 Å². The molecule has 3 heteroatoms. The number of rotatable bonds is 5. The van der Waals surface area contributed by atoms with Crippen molar-refractivity contribution in [1.82, 2.24) is 0 Å². The van der Waals surface area contributed by atoms with Crippen LogP contribution in [0.2, 0.25) is 0 Å². The lowest BCUT2D eigenvalue weighted by Gasteiger charge is -2.04. The van der Waals surface area contributed by atoms with E-state index in [1.807, 2.05) is 6.07 Å². The maximum Gasteiger partial charge on any atom is 0.104 e. The molecular weight excluding hydrogens is 276 g/mol. The molecule has 2 aromatic rings. The maximum atomic E-state index is 5.23. The molecule has 4 rings (SSSR count). The van der Waals surface area contributed by atoms with Gasteiger partial charge in [-0.25, -0.2) is 0 Å². The van der Waals surface area contributed by atoms with E-state index in [1.54, 1.807) is 0 Å². The van der Waals surface area contributed by atoms with Crippen molar-refractivity contribution < 1.29 is 14.2 Å². The second kappa shape index (κ2) is 7.54. The molecule has 0 N–H and O–H groups in total. The van der Waals surface area contributed by atoms with Crippen molar-refractivity contribution in [2.24, 2.45) is 0 Å². The van der Waals surface area contributed by atoms with Gasteiger partial charge in [-0.2, -0.15) is 0 Å². The predicted octanol–water partition coefficient (Wildman–Crippen LogP) is 3.46. The van der Waals surface area contributed by atoms with Crippen molar-refractivity contribution in [3.63, 3.8) is 0 Å². The second-order valence-corrected chi connectivity index (χ2v) is 5.63. The fraction of sp³-hybridized carbons (Fsp3) is 0.368. The minimum atomic E-state index is 0.392. The third-order valence-electron chi connectivity index (χ3n) is 3.64. The van der Waals surface area contributed by atoms with Crippen LogP contribution in [0.3, 0.4) is 0 Å². The summed E-state index contributed by atoms with van der Waals surface area (Å²) in [5.74, 6) is 0. The van der Waals surface area contributed by atoms with E-state index in [0.717, 1.165) is 26.4 Å². The van der Waals surface area contributed by atoms with Gasteiger partial charge in [0.05, 0.1) is 26.4 Å². The van der Waals surface area contributed by atoms with Gasteiger partial charge in [0.25, 0.3) is 0 Å². The van der Waals surface area contributed by atoms with Gasteiger partial charge in [0, 0.05) is 0 Å². The monoisotopic (exact) mass is 298 g/mol. The van der Waals surface area contributed by atoms with Crippen molar-refractivity contribution in [3.8, 4) is 11.1 Å². The van der Waals surface area contributed by atoms with Gasteiger partial charge in [0.1, 0.15) is 12.2 Å². The summed E-state index contributed by atoms with van der Waals surface area (Å²) in [6, 6.07) is 18.9. The Morgan fingerprint density at radius 2 is 1.41 bits per heavy atom. The van der Waals surface area contributed by atoms with E-state index in [0.29, 0.717) is 12.2 Å². The Bertz CT molecular complexity index is 562. The molecule has 0 spiro atoms. The molecule has 116 valence electrons. The molecule has 0 aliphatic carbocycles.